The molecule has 0 amide bonds. The predicted molar refractivity (Wildman–Crippen MR) is 102 cm³/mol. The van der Waals surface area contributed by atoms with Gasteiger partial charge in [-0.2, -0.15) is 0 Å². The Bertz CT molecular complexity index is 1100. The number of anilines is 1. The second-order valence-electron chi connectivity index (χ2n) is 5.64. The van der Waals surface area contributed by atoms with Gasteiger partial charge in [0.1, 0.15) is 0 Å². The third-order valence-corrected chi connectivity index (χ3v) is 6.17. The second kappa shape index (κ2) is 6.97. The number of benzene rings is 3. The lowest BCUT2D eigenvalue weighted by Gasteiger charge is -2.21. The first kappa shape index (κ1) is 18.2. The summed E-state index contributed by atoms with van der Waals surface area (Å²) in [5.41, 5.74) is 0.412. The molecule has 0 spiro atoms. The lowest BCUT2D eigenvalue weighted by Crippen LogP contribution is -2.27. The van der Waals surface area contributed by atoms with Crippen molar-refractivity contribution in [3.8, 4) is 0 Å². The fraction of sp³-hybridized carbons (Fsp3) is 0.105. The summed E-state index contributed by atoms with van der Waals surface area (Å²) in [6, 6.07) is 16.7. The highest BCUT2D eigenvalue weighted by Gasteiger charge is 2.24. The van der Waals surface area contributed by atoms with E-state index in [1.54, 1.807) is 18.2 Å². The number of sulfonamides is 1. The molecule has 0 aliphatic rings. The van der Waals surface area contributed by atoms with Gasteiger partial charge in [-0.25, -0.2) is 13.2 Å². The highest BCUT2D eigenvalue weighted by Crippen LogP contribution is 2.31. The van der Waals surface area contributed by atoms with E-state index in [1.165, 1.54) is 32.4 Å². The monoisotopic (exact) mass is 389 g/mol. The number of hydrogen-bond donors (Lipinski definition) is 0. The average molecular weight is 390 g/mol. The third kappa shape index (κ3) is 3.25. The molecule has 0 unspecified atom stereocenters. The van der Waals surface area contributed by atoms with E-state index in [0.29, 0.717) is 0 Å². The van der Waals surface area contributed by atoms with E-state index in [1.807, 2.05) is 24.3 Å². The zero-order chi connectivity index (χ0) is 18.9. The largest absolute Gasteiger partial charge is 0.465 e. The molecule has 0 saturated carbocycles. The molecule has 0 aliphatic heterocycles. The summed E-state index contributed by atoms with van der Waals surface area (Å²) in [6.07, 6.45) is 0. The molecule has 0 atom stereocenters. The van der Waals surface area contributed by atoms with Crippen LogP contribution in [0.3, 0.4) is 0 Å². The SMILES string of the molecule is COC(=O)c1ccc(Cl)c(N(C)S(=O)(=O)c2ccc3ccccc3c2)c1. The van der Waals surface area contributed by atoms with Crippen LogP contribution in [0.4, 0.5) is 5.69 Å². The Balaban J connectivity index is 2.07. The summed E-state index contributed by atoms with van der Waals surface area (Å²) in [5.74, 6) is -0.570. The Kier molecular flexibility index (Phi) is 4.89. The van der Waals surface area contributed by atoms with Crippen molar-refractivity contribution in [3.05, 3.63) is 71.2 Å². The van der Waals surface area contributed by atoms with Crippen LogP contribution in [-0.2, 0) is 14.8 Å². The minimum atomic E-state index is -3.86. The summed E-state index contributed by atoms with van der Waals surface area (Å²) in [4.78, 5) is 11.9. The van der Waals surface area contributed by atoms with E-state index in [9.17, 15) is 13.2 Å². The van der Waals surface area contributed by atoms with Gasteiger partial charge < -0.3 is 4.74 Å². The summed E-state index contributed by atoms with van der Waals surface area (Å²) in [5, 5.41) is 1.97. The van der Waals surface area contributed by atoms with E-state index in [2.05, 4.69) is 4.74 Å². The molecule has 0 heterocycles. The minimum absolute atomic E-state index is 0.137. The molecule has 0 aromatic heterocycles. The van der Waals surface area contributed by atoms with E-state index >= 15 is 0 Å². The Morgan fingerprint density at radius 2 is 1.69 bits per heavy atom. The molecule has 5 nitrogen and oxygen atoms in total. The first-order chi connectivity index (χ1) is 12.3. The molecule has 7 heteroatoms. The third-order valence-electron chi connectivity index (χ3n) is 4.09. The van der Waals surface area contributed by atoms with Crippen LogP contribution in [0.2, 0.25) is 5.02 Å². The van der Waals surface area contributed by atoms with Gasteiger partial charge in [0, 0.05) is 7.05 Å². The smallest absolute Gasteiger partial charge is 0.337 e. The summed E-state index contributed by atoms with van der Waals surface area (Å²) < 4.78 is 31.8. The normalized spacial score (nSPS) is 11.3. The van der Waals surface area contributed by atoms with Crippen LogP contribution >= 0.6 is 11.6 Å². The van der Waals surface area contributed by atoms with Gasteiger partial charge in [-0.05, 0) is 41.1 Å². The van der Waals surface area contributed by atoms with Gasteiger partial charge in [-0.15, -0.1) is 0 Å². The molecule has 134 valence electrons. The van der Waals surface area contributed by atoms with Crippen molar-refractivity contribution in [2.24, 2.45) is 0 Å². The van der Waals surface area contributed by atoms with Crippen LogP contribution in [0.1, 0.15) is 10.4 Å². The van der Waals surface area contributed by atoms with Gasteiger partial charge in [0.2, 0.25) is 0 Å². The van der Waals surface area contributed by atoms with E-state index in [0.717, 1.165) is 15.1 Å². The lowest BCUT2D eigenvalue weighted by molar-refractivity contribution is 0.0601. The summed E-state index contributed by atoms with van der Waals surface area (Å²) in [6.45, 7) is 0. The van der Waals surface area contributed by atoms with E-state index < -0.39 is 16.0 Å². The van der Waals surface area contributed by atoms with Crippen molar-refractivity contribution in [2.45, 2.75) is 4.90 Å². The Labute approximate surface area is 156 Å². The van der Waals surface area contributed by atoms with Gasteiger partial charge in [-0.1, -0.05) is 41.9 Å². The molecule has 3 rings (SSSR count). The van der Waals surface area contributed by atoms with Crippen molar-refractivity contribution < 1.29 is 17.9 Å². The molecule has 3 aromatic carbocycles. The number of halogens is 1. The van der Waals surface area contributed by atoms with Crippen LogP contribution < -0.4 is 4.31 Å². The fourth-order valence-electron chi connectivity index (χ4n) is 2.61. The highest BCUT2D eigenvalue weighted by atomic mass is 35.5. The minimum Gasteiger partial charge on any atom is -0.465 e. The molecule has 3 aromatic rings. The number of fused-ring (bicyclic) bond motifs is 1. The molecule has 26 heavy (non-hydrogen) atoms. The average Bonchev–Trinajstić information content (AvgIpc) is 2.66. The maximum atomic E-state index is 13.0. The summed E-state index contributed by atoms with van der Waals surface area (Å²) >= 11 is 6.17. The number of esters is 1. The molecule has 0 aliphatic carbocycles. The van der Waals surface area contributed by atoms with Gasteiger partial charge in [0.05, 0.1) is 28.3 Å². The van der Waals surface area contributed by atoms with Gasteiger partial charge in [0.15, 0.2) is 0 Å². The van der Waals surface area contributed by atoms with Crippen molar-refractivity contribution in [2.75, 3.05) is 18.5 Å². The lowest BCUT2D eigenvalue weighted by atomic mass is 10.1. The van der Waals surface area contributed by atoms with Crippen LogP contribution in [0.5, 0.6) is 0 Å². The van der Waals surface area contributed by atoms with Crippen molar-refractivity contribution in [1.82, 2.24) is 0 Å². The number of carbonyl (C=O) groups excluding carboxylic acids is 1. The number of nitrogens with zero attached hydrogens (tertiary/aromatic N) is 1. The second-order valence-corrected chi connectivity index (χ2v) is 8.02. The number of ether oxygens (including phenoxy) is 1. The Morgan fingerprint density at radius 3 is 2.38 bits per heavy atom. The highest BCUT2D eigenvalue weighted by molar-refractivity contribution is 7.92. The molecular formula is C19H16ClNO4S. The fourth-order valence-corrected chi connectivity index (χ4v) is 4.15. The van der Waals surface area contributed by atoms with Crippen molar-refractivity contribution >= 4 is 44.1 Å². The number of rotatable bonds is 4. The first-order valence-corrected chi connectivity index (χ1v) is 9.52. The van der Waals surface area contributed by atoms with Gasteiger partial charge >= 0.3 is 5.97 Å². The van der Waals surface area contributed by atoms with Gasteiger partial charge in [0.25, 0.3) is 10.0 Å². The van der Waals surface area contributed by atoms with E-state index in [-0.39, 0.29) is 21.2 Å². The maximum Gasteiger partial charge on any atom is 0.337 e. The van der Waals surface area contributed by atoms with Crippen LogP contribution in [0.15, 0.2) is 65.6 Å². The molecule has 0 fully saturated rings. The maximum absolute atomic E-state index is 13.0. The van der Waals surface area contributed by atoms with E-state index in [4.69, 9.17) is 11.6 Å². The quantitative estimate of drug-likeness (QED) is 0.630. The molecule has 0 N–H and O–H groups in total. The first-order valence-electron chi connectivity index (χ1n) is 7.70. The number of methoxy groups -OCH3 is 1. The van der Waals surface area contributed by atoms with Crippen LogP contribution in [-0.4, -0.2) is 28.5 Å². The topological polar surface area (TPSA) is 63.7 Å². The number of carbonyl (C=O) groups is 1. The van der Waals surface area contributed by atoms with Crippen LogP contribution in [0.25, 0.3) is 10.8 Å². The molecular weight excluding hydrogens is 374 g/mol. The number of hydrogen-bond acceptors (Lipinski definition) is 4. The van der Waals surface area contributed by atoms with Crippen molar-refractivity contribution in [1.29, 1.82) is 0 Å². The zero-order valence-corrected chi connectivity index (χ0v) is 15.7. The standard InChI is InChI=1S/C19H16ClNO4S/c1-21(18-12-15(19(22)25-2)8-10-17(18)20)26(23,24)16-9-7-13-5-3-4-6-14(13)11-16/h3-12H,1-2H3. The summed E-state index contributed by atoms with van der Waals surface area (Å²) in [7, 11) is -1.21. The van der Waals surface area contributed by atoms with Crippen molar-refractivity contribution in [3.63, 3.8) is 0 Å². The van der Waals surface area contributed by atoms with Gasteiger partial charge in [-0.3, -0.25) is 4.31 Å². The Morgan fingerprint density at radius 1 is 1.00 bits per heavy atom. The molecule has 0 radical (unpaired) electrons. The zero-order valence-electron chi connectivity index (χ0n) is 14.1. The van der Waals surface area contributed by atoms with Crippen LogP contribution in [0, 0.1) is 0 Å². The molecule has 0 bridgehead atoms. The Hall–Kier alpha value is -2.57. The predicted octanol–water partition coefficient (Wildman–Crippen LogP) is 4.10. The molecule has 0 saturated heterocycles.